The third-order valence-electron chi connectivity index (χ3n) is 5.93. The first-order valence-corrected chi connectivity index (χ1v) is 12.0. The number of aromatic nitrogens is 2. The number of anilines is 1. The molecule has 1 aliphatic rings. The average molecular weight is 445 g/mol. The van der Waals surface area contributed by atoms with Crippen LogP contribution >= 0.6 is 0 Å². The van der Waals surface area contributed by atoms with Crippen molar-refractivity contribution in [1.29, 1.82) is 0 Å². The lowest BCUT2D eigenvalue weighted by Crippen LogP contribution is -2.48. The monoisotopic (exact) mass is 444 g/mol. The van der Waals surface area contributed by atoms with Crippen molar-refractivity contribution in [3.05, 3.63) is 52.9 Å². The Morgan fingerprint density at radius 1 is 0.903 bits per heavy atom. The van der Waals surface area contributed by atoms with E-state index in [0.717, 1.165) is 17.0 Å². The van der Waals surface area contributed by atoms with Gasteiger partial charge in [0.05, 0.1) is 28.7 Å². The van der Waals surface area contributed by atoms with E-state index in [2.05, 4.69) is 4.90 Å². The smallest absolute Gasteiger partial charge is 0.329 e. The number of aryl methyl sites for hydroxylation is 2. The molecule has 1 fully saturated rings. The molecule has 0 aliphatic carbocycles. The van der Waals surface area contributed by atoms with Crippen molar-refractivity contribution < 1.29 is 13.2 Å². The van der Waals surface area contributed by atoms with Crippen LogP contribution in [-0.2, 0) is 23.1 Å². The number of imidazole rings is 1. The summed E-state index contributed by atoms with van der Waals surface area (Å²) in [6.45, 7) is 6.75. The average Bonchev–Trinajstić information content (AvgIpc) is 3.08. The number of ether oxygens (including phenoxy) is 1. The minimum absolute atomic E-state index is 0.111. The minimum atomic E-state index is -3.66. The molecule has 0 radical (unpaired) electrons. The zero-order valence-electron chi connectivity index (χ0n) is 18.1. The lowest BCUT2D eigenvalue weighted by Gasteiger charge is -2.35. The first kappa shape index (κ1) is 21.5. The summed E-state index contributed by atoms with van der Waals surface area (Å²) in [4.78, 5) is 15.0. The molecule has 0 atom stereocenters. The van der Waals surface area contributed by atoms with Crippen LogP contribution in [-0.4, -0.2) is 55.1 Å². The lowest BCUT2D eigenvalue weighted by atomic mass is 10.2. The van der Waals surface area contributed by atoms with Crippen LogP contribution in [0.3, 0.4) is 0 Å². The zero-order chi connectivity index (χ0) is 22.2. The van der Waals surface area contributed by atoms with Gasteiger partial charge in [-0.15, -0.1) is 0 Å². The third-order valence-corrected chi connectivity index (χ3v) is 7.82. The molecule has 3 aromatic rings. The molecule has 1 aromatic heterocycles. The predicted octanol–water partition coefficient (Wildman–Crippen LogP) is 2.36. The molecule has 0 N–H and O–H groups in total. The van der Waals surface area contributed by atoms with Gasteiger partial charge in [0, 0.05) is 39.3 Å². The Bertz CT molecular complexity index is 1250. The number of benzene rings is 2. The molecular weight excluding hydrogens is 416 g/mol. The number of fused-ring (bicyclic) bond motifs is 1. The molecule has 1 aliphatic heterocycles. The molecule has 166 valence electrons. The zero-order valence-corrected chi connectivity index (χ0v) is 18.9. The van der Waals surface area contributed by atoms with Crippen LogP contribution in [0.15, 0.2) is 52.2 Å². The fourth-order valence-electron chi connectivity index (χ4n) is 4.28. The summed E-state index contributed by atoms with van der Waals surface area (Å²) in [6.07, 6.45) is 0. The molecule has 9 heteroatoms. The van der Waals surface area contributed by atoms with E-state index in [4.69, 9.17) is 4.74 Å². The first-order chi connectivity index (χ1) is 14.9. The van der Waals surface area contributed by atoms with Crippen LogP contribution in [0, 0.1) is 0 Å². The van der Waals surface area contributed by atoms with Gasteiger partial charge in [0.25, 0.3) is 0 Å². The van der Waals surface area contributed by atoms with E-state index in [1.165, 1.54) is 4.31 Å². The van der Waals surface area contributed by atoms with E-state index in [9.17, 15) is 13.2 Å². The number of nitrogens with zero attached hydrogens (tertiary/aromatic N) is 4. The third kappa shape index (κ3) is 3.61. The Kier molecular flexibility index (Phi) is 5.81. The first-order valence-electron chi connectivity index (χ1n) is 10.5. The normalized spacial score (nSPS) is 15.5. The Morgan fingerprint density at radius 3 is 2.19 bits per heavy atom. The van der Waals surface area contributed by atoms with Crippen molar-refractivity contribution in [2.45, 2.75) is 31.8 Å². The van der Waals surface area contributed by atoms with Crippen molar-refractivity contribution in [3.63, 3.8) is 0 Å². The van der Waals surface area contributed by atoms with Gasteiger partial charge in [0.15, 0.2) is 0 Å². The van der Waals surface area contributed by atoms with Crippen molar-refractivity contribution in [1.82, 2.24) is 13.4 Å². The Balaban J connectivity index is 1.61. The van der Waals surface area contributed by atoms with Crippen LogP contribution in [0.2, 0.25) is 0 Å². The number of hydrogen-bond acceptors (Lipinski definition) is 5. The number of methoxy groups -OCH3 is 1. The highest BCUT2D eigenvalue weighted by molar-refractivity contribution is 7.89. The molecule has 0 amide bonds. The maximum atomic E-state index is 13.3. The molecule has 4 rings (SSSR count). The number of para-hydroxylation sites is 2. The molecule has 8 nitrogen and oxygen atoms in total. The quantitative estimate of drug-likeness (QED) is 0.583. The van der Waals surface area contributed by atoms with Gasteiger partial charge in [-0.3, -0.25) is 9.13 Å². The van der Waals surface area contributed by atoms with E-state index < -0.39 is 10.0 Å². The number of piperazine rings is 1. The van der Waals surface area contributed by atoms with Crippen LogP contribution in [0.5, 0.6) is 5.75 Å². The molecule has 0 unspecified atom stereocenters. The van der Waals surface area contributed by atoms with Gasteiger partial charge in [-0.25, -0.2) is 13.2 Å². The fraction of sp³-hybridized carbons (Fsp3) is 0.409. The standard InChI is InChI=1S/C22H28N4O4S/c1-4-25-18-11-10-17(16-20(18)26(5-2)22(25)27)31(28,29)24-14-12-23(13-15-24)19-8-6-7-9-21(19)30-3/h6-11,16H,4-5,12-15H2,1-3H3. The summed E-state index contributed by atoms with van der Waals surface area (Å²) >= 11 is 0. The summed E-state index contributed by atoms with van der Waals surface area (Å²) in [5.41, 5.74) is 2.27. The highest BCUT2D eigenvalue weighted by Crippen LogP contribution is 2.29. The largest absolute Gasteiger partial charge is 0.495 e. The number of sulfonamides is 1. The lowest BCUT2D eigenvalue weighted by molar-refractivity contribution is 0.378. The Hall–Kier alpha value is -2.78. The van der Waals surface area contributed by atoms with Gasteiger partial charge in [-0.05, 0) is 44.2 Å². The highest BCUT2D eigenvalue weighted by Gasteiger charge is 2.30. The fourth-order valence-corrected chi connectivity index (χ4v) is 5.72. The molecule has 1 saturated heterocycles. The van der Waals surface area contributed by atoms with Crippen molar-refractivity contribution in [2.75, 3.05) is 38.2 Å². The number of hydrogen-bond donors (Lipinski definition) is 0. The summed E-state index contributed by atoms with van der Waals surface area (Å²) < 4.78 is 36.9. The summed E-state index contributed by atoms with van der Waals surface area (Å²) in [7, 11) is -2.02. The van der Waals surface area contributed by atoms with E-state index in [1.807, 2.05) is 38.1 Å². The molecular formula is C22H28N4O4S. The topological polar surface area (TPSA) is 76.8 Å². The van der Waals surface area contributed by atoms with E-state index in [0.29, 0.717) is 44.8 Å². The summed E-state index contributed by atoms with van der Waals surface area (Å²) in [5, 5.41) is 0. The second-order valence-corrected chi connectivity index (χ2v) is 9.42. The van der Waals surface area contributed by atoms with Crippen molar-refractivity contribution in [2.24, 2.45) is 0 Å². The van der Waals surface area contributed by atoms with Gasteiger partial charge in [0.1, 0.15) is 5.75 Å². The molecule has 0 bridgehead atoms. The molecule has 2 heterocycles. The second kappa shape index (κ2) is 8.39. The van der Waals surface area contributed by atoms with Crippen molar-refractivity contribution >= 4 is 26.7 Å². The van der Waals surface area contributed by atoms with Crippen LogP contribution in [0.25, 0.3) is 11.0 Å². The van der Waals surface area contributed by atoms with Crippen molar-refractivity contribution in [3.8, 4) is 5.75 Å². The highest BCUT2D eigenvalue weighted by atomic mass is 32.2. The van der Waals surface area contributed by atoms with E-state index >= 15 is 0 Å². The molecule has 2 aromatic carbocycles. The summed E-state index contributed by atoms with van der Waals surface area (Å²) in [6, 6.07) is 12.7. The van der Waals surface area contributed by atoms with E-state index in [1.54, 1.807) is 34.4 Å². The summed E-state index contributed by atoms with van der Waals surface area (Å²) in [5.74, 6) is 0.780. The maximum absolute atomic E-state index is 13.3. The van der Waals surface area contributed by atoms with Crippen LogP contribution < -0.4 is 15.3 Å². The Morgan fingerprint density at radius 2 is 1.55 bits per heavy atom. The second-order valence-electron chi connectivity index (χ2n) is 7.48. The predicted molar refractivity (Wildman–Crippen MR) is 122 cm³/mol. The maximum Gasteiger partial charge on any atom is 0.329 e. The van der Waals surface area contributed by atoms with Crippen LogP contribution in [0.1, 0.15) is 13.8 Å². The molecule has 0 spiro atoms. The van der Waals surface area contributed by atoms with E-state index in [-0.39, 0.29) is 10.6 Å². The molecule has 31 heavy (non-hydrogen) atoms. The SMILES string of the molecule is CCn1c(=O)n(CC)c2cc(S(=O)(=O)N3CCN(c4ccccc4OC)CC3)ccc21. The van der Waals surface area contributed by atoms with Gasteiger partial charge in [-0.2, -0.15) is 4.31 Å². The van der Waals surface area contributed by atoms with Gasteiger partial charge in [-0.1, -0.05) is 12.1 Å². The van der Waals surface area contributed by atoms with Gasteiger partial charge in [0.2, 0.25) is 10.0 Å². The number of rotatable bonds is 6. The van der Waals surface area contributed by atoms with Gasteiger partial charge >= 0.3 is 5.69 Å². The minimum Gasteiger partial charge on any atom is -0.495 e. The molecule has 0 saturated carbocycles. The van der Waals surface area contributed by atoms with Crippen LogP contribution in [0.4, 0.5) is 5.69 Å². The Labute approximate surface area is 182 Å². The van der Waals surface area contributed by atoms with Gasteiger partial charge < -0.3 is 9.64 Å².